The molecule has 0 aliphatic heterocycles. The van der Waals surface area contributed by atoms with Gasteiger partial charge in [0.1, 0.15) is 0 Å². The first kappa shape index (κ1) is 12.4. The van der Waals surface area contributed by atoms with Crippen molar-refractivity contribution in [2.75, 3.05) is 6.61 Å². The van der Waals surface area contributed by atoms with E-state index >= 15 is 0 Å². The molecule has 15 heavy (non-hydrogen) atoms. The molecule has 0 saturated heterocycles. The average Bonchev–Trinajstić information content (AvgIpc) is 2.25. The van der Waals surface area contributed by atoms with E-state index in [9.17, 15) is 4.79 Å². The molecule has 0 bridgehead atoms. The van der Waals surface area contributed by atoms with Crippen LogP contribution in [0, 0.1) is 3.57 Å². The molecule has 2 N–H and O–H groups in total. The molecule has 3 nitrogen and oxygen atoms in total. The van der Waals surface area contributed by atoms with Crippen molar-refractivity contribution in [1.82, 2.24) is 5.32 Å². The smallest absolute Gasteiger partial charge is 0.251 e. The van der Waals surface area contributed by atoms with Crippen molar-refractivity contribution >= 4 is 28.5 Å². The van der Waals surface area contributed by atoms with Crippen molar-refractivity contribution in [3.8, 4) is 0 Å². The molecule has 1 aromatic carbocycles. The summed E-state index contributed by atoms with van der Waals surface area (Å²) in [6.45, 7) is 1.90. The zero-order chi connectivity index (χ0) is 11.3. The molecular formula is C11H14INO2. The van der Waals surface area contributed by atoms with E-state index in [0.717, 1.165) is 9.99 Å². The van der Waals surface area contributed by atoms with Crippen LogP contribution in [0.3, 0.4) is 0 Å². The third-order valence-electron chi connectivity index (χ3n) is 2.14. The topological polar surface area (TPSA) is 49.3 Å². The highest BCUT2D eigenvalue weighted by Crippen LogP contribution is 2.08. The minimum Gasteiger partial charge on any atom is -0.394 e. The molecule has 0 fully saturated rings. The number of rotatable bonds is 4. The van der Waals surface area contributed by atoms with E-state index in [1.54, 1.807) is 6.07 Å². The maximum Gasteiger partial charge on any atom is 0.251 e. The number of carbonyl (C=O) groups is 1. The lowest BCUT2D eigenvalue weighted by molar-refractivity contribution is 0.0915. The Morgan fingerprint density at radius 3 is 2.87 bits per heavy atom. The SMILES string of the molecule is CCC(CO)NC(=O)c1cccc(I)c1. The molecule has 0 spiro atoms. The molecule has 0 saturated carbocycles. The van der Waals surface area contributed by atoms with Gasteiger partial charge in [-0.2, -0.15) is 0 Å². The van der Waals surface area contributed by atoms with Gasteiger partial charge in [-0.1, -0.05) is 13.0 Å². The van der Waals surface area contributed by atoms with Crippen molar-refractivity contribution in [2.24, 2.45) is 0 Å². The van der Waals surface area contributed by atoms with Gasteiger partial charge in [0.15, 0.2) is 0 Å². The Morgan fingerprint density at radius 1 is 1.60 bits per heavy atom. The summed E-state index contributed by atoms with van der Waals surface area (Å²) in [5.74, 6) is -0.130. The minimum absolute atomic E-state index is 0.0217. The zero-order valence-corrected chi connectivity index (χ0v) is 10.7. The van der Waals surface area contributed by atoms with E-state index in [4.69, 9.17) is 5.11 Å². The Balaban J connectivity index is 2.68. The molecule has 1 atom stereocenters. The number of hydrogen-bond acceptors (Lipinski definition) is 2. The third-order valence-corrected chi connectivity index (χ3v) is 2.81. The summed E-state index contributed by atoms with van der Waals surface area (Å²) >= 11 is 2.16. The van der Waals surface area contributed by atoms with Crippen LogP contribution in [0.1, 0.15) is 23.7 Å². The second-order valence-corrected chi connectivity index (χ2v) is 4.52. The molecule has 0 aliphatic carbocycles. The number of amides is 1. The Labute approximate surface area is 103 Å². The van der Waals surface area contributed by atoms with Crippen molar-refractivity contribution in [2.45, 2.75) is 19.4 Å². The molecule has 1 unspecified atom stereocenters. The lowest BCUT2D eigenvalue weighted by Crippen LogP contribution is -2.36. The van der Waals surface area contributed by atoms with Gasteiger partial charge in [-0.3, -0.25) is 4.79 Å². The fourth-order valence-corrected chi connectivity index (χ4v) is 1.72. The number of carbonyl (C=O) groups excluding carboxylic acids is 1. The zero-order valence-electron chi connectivity index (χ0n) is 8.53. The van der Waals surface area contributed by atoms with Gasteiger partial charge < -0.3 is 10.4 Å². The number of aliphatic hydroxyl groups is 1. The fraction of sp³-hybridized carbons (Fsp3) is 0.364. The number of halogens is 1. The molecule has 1 rings (SSSR count). The summed E-state index contributed by atoms with van der Waals surface area (Å²) in [5, 5.41) is 11.7. The largest absolute Gasteiger partial charge is 0.394 e. The summed E-state index contributed by atoms with van der Waals surface area (Å²) in [6.07, 6.45) is 0.728. The molecule has 0 radical (unpaired) electrons. The summed E-state index contributed by atoms with van der Waals surface area (Å²) in [7, 11) is 0. The van der Waals surface area contributed by atoms with Crippen molar-refractivity contribution < 1.29 is 9.90 Å². The normalized spacial score (nSPS) is 12.2. The van der Waals surface area contributed by atoms with Crippen LogP contribution in [0.4, 0.5) is 0 Å². The van der Waals surface area contributed by atoms with Crippen molar-refractivity contribution in [3.05, 3.63) is 33.4 Å². The van der Waals surface area contributed by atoms with E-state index < -0.39 is 0 Å². The quantitative estimate of drug-likeness (QED) is 0.832. The Hall–Kier alpha value is -0.620. The van der Waals surface area contributed by atoms with Crippen LogP contribution in [0.25, 0.3) is 0 Å². The van der Waals surface area contributed by atoms with Gasteiger partial charge in [-0.15, -0.1) is 0 Å². The molecule has 1 amide bonds. The van der Waals surface area contributed by atoms with Crippen molar-refractivity contribution in [3.63, 3.8) is 0 Å². The van der Waals surface area contributed by atoms with Gasteiger partial charge >= 0.3 is 0 Å². The Morgan fingerprint density at radius 2 is 2.33 bits per heavy atom. The predicted octanol–water partition coefficient (Wildman–Crippen LogP) is 1.79. The van der Waals surface area contributed by atoms with Gasteiger partial charge in [0.25, 0.3) is 5.91 Å². The first-order chi connectivity index (χ1) is 7.17. The van der Waals surface area contributed by atoms with Gasteiger partial charge in [-0.05, 0) is 47.2 Å². The second kappa shape index (κ2) is 6.07. The molecule has 4 heteroatoms. The van der Waals surface area contributed by atoms with Crippen LogP contribution in [-0.2, 0) is 0 Å². The molecule has 0 aromatic heterocycles. The van der Waals surface area contributed by atoms with Crippen molar-refractivity contribution in [1.29, 1.82) is 0 Å². The number of aliphatic hydroxyl groups excluding tert-OH is 1. The highest BCUT2D eigenvalue weighted by Gasteiger charge is 2.10. The molecule has 82 valence electrons. The number of hydrogen-bond donors (Lipinski definition) is 2. The standard InChI is InChI=1S/C11H14INO2/c1-2-10(7-14)13-11(15)8-4-3-5-9(12)6-8/h3-6,10,14H,2,7H2,1H3,(H,13,15). The Kier molecular flexibility index (Phi) is 5.04. The summed E-state index contributed by atoms with van der Waals surface area (Å²) in [5.41, 5.74) is 0.633. The van der Waals surface area contributed by atoms with E-state index in [-0.39, 0.29) is 18.6 Å². The van der Waals surface area contributed by atoms with Crippen LogP contribution in [0.15, 0.2) is 24.3 Å². The molecule has 1 aromatic rings. The Bertz CT molecular complexity index is 337. The van der Waals surface area contributed by atoms with E-state index in [1.165, 1.54) is 0 Å². The van der Waals surface area contributed by atoms with E-state index in [2.05, 4.69) is 27.9 Å². The van der Waals surface area contributed by atoms with Crippen LogP contribution in [0.2, 0.25) is 0 Å². The summed E-state index contributed by atoms with van der Waals surface area (Å²) in [6, 6.07) is 7.20. The average molecular weight is 319 g/mol. The van der Waals surface area contributed by atoms with Gasteiger partial charge in [-0.25, -0.2) is 0 Å². The highest BCUT2D eigenvalue weighted by atomic mass is 127. The third kappa shape index (κ3) is 3.79. The fourth-order valence-electron chi connectivity index (χ4n) is 1.18. The monoisotopic (exact) mass is 319 g/mol. The summed E-state index contributed by atoms with van der Waals surface area (Å²) in [4.78, 5) is 11.7. The second-order valence-electron chi connectivity index (χ2n) is 3.27. The number of nitrogens with one attached hydrogen (secondary N) is 1. The lowest BCUT2D eigenvalue weighted by Gasteiger charge is -2.13. The van der Waals surface area contributed by atoms with Crippen LogP contribution in [-0.4, -0.2) is 23.7 Å². The van der Waals surface area contributed by atoms with Gasteiger partial charge in [0.05, 0.1) is 12.6 Å². The minimum atomic E-state index is -0.157. The number of benzene rings is 1. The first-order valence-corrected chi connectivity index (χ1v) is 5.92. The van der Waals surface area contributed by atoms with Crippen LogP contribution in [0.5, 0.6) is 0 Å². The molecular weight excluding hydrogens is 305 g/mol. The first-order valence-electron chi connectivity index (χ1n) is 4.84. The maximum absolute atomic E-state index is 11.7. The van der Waals surface area contributed by atoms with E-state index in [1.807, 2.05) is 25.1 Å². The van der Waals surface area contributed by atoms with Crippen LogP contribution >= 0.6 is 22.6 Å². The summed E-state index contributed by atoms with van der Waals surface area (Å²) < 4.78 is 1.03. The van der Waals surface area contributed by atoms with Gasteiger partial charge in [0, 0.05) is 9.13 Å². The maximum atomic E-state index is 11.7. The lowest BCUT2D eigenvalue weighted by atomic mass is 10.2. The predicted molar refractivity (Wildman–Crippen MR) is 67.8 cm³/mol. The van der Waals surface area contributed by atoms with Gasteiger partial charge in [0.2, 0.25) is 0 Å². The molecule has 0 aliphatic rings. The van der Waals surface area contributed by atoms with E-state index in [0.29, 0.717) is 5.56 Å². The van der Waals surface area contributed by atoms with Crippen LogP contribution < -0.4 is 5.32 Å². The highest BCUT2D eigenvalue weighted by molar-refractivity contribution is 14.1. The molecule has 0 heterocycles.